The molecule has 0 aliphatic carbocycles. The van der Waals surface area contributed by atoms with Crippen molar-refractivity contribution >= 4 is 5.91 Å². The molecule has 0 spiro atoms. The van der Waals surface area contributed by atoms with Crippen molar-refractivity contribution in [3.8, 4) is 11.1 Å². The number of carbonyl (C=O) groups excluding carboxylic acids is 1. The molecule has 4 nitrogen and oxygen atoms in total. The van der Waals surface area contributed by atoms with Crippen LogP contribution in [0.3, 0.4) is 0 Å². The van der Waals surface area contributed by atoms with Gasteiger partial charge < -0.3 is 15.6 Å². The normalized spacial score (nSPS) is 17.9. The van der Waals surface area contributed by atoms with E-state index in [1.165, 1.54) is 12.1 Å². The second-order valence-electron chi connectivity index (χ2n) is 5.29. The van der Waals surface area contributed by atoms with Crippen LogP contribution in [0.25, 0.3) is 11.1 Å². The highest BCUT2D eigenvalue weighted by Gasteiger charge is 2.17. The molecule has 1 amide bonds. The monoisotopic (exact) mass is 287 g/mol. The number of aromatic nitrogens is 1. The van der Waals surface area contributed by atoms with E-state index in [1.807, 2.05) is 0 Å². The topological polar surface area (TPSA) is 56.9 Å². The minimum atomic E-state index is -0.285. The fourth-order valence-electron chi connectivity index (χ4n) is 2.66. The van der Waals surface area contributed by atoms with Crippen LogP contribution in [0.5, 0.6) is 0 Å². The van der Waals surface area contributed by atoms with E-state index in [-0.39, 0.29) is 11.7 Å². The summed E-state index contributed by atoms with van der Waals surface area (Å²) in [5.41, 5.74) is 2.19. The molecule has 1 aliphatic rings. The summed E-state index contributed by atoms with van der Waals surface area (Å²) in [6.07, 6.45) is 5.69. The number of hydrogen-bond donors (Lipinski definition) is 3. The summed E-state index contributed by atoms with van der Waals surface area (Å²) in [7, 11) is 0. The van der Waals surface area contributed by atoms with E-state index < -0.39 is 0 Å². The van der Waals surface area contributed by atoms with Gasteiger partial charge in [0.2, 0.25) is 0 Å². The number of benzene rings is 1. The van der Waals surface area contributed by atoms with E-state index in [2.05, 4.69) is 15.6 Å². The second-order valence-corrected chi connectivity index (χ2v) is 5.29. The van der Waals surface area contributed by atoms with E-state index >= 15 is 0 Å². The first kappa shape index (κ1) is 13.8. The van der Waals surface area contributed by atoms with Crippen LogP contribution in [0, 0.1) is 5.82 Å². The second kappa shape index (κ2) is 6.10. The van der Waals surface area contributed by atoms with Crippen LogP contribution < -0.4 is 10.6 Å². The predicted octanol–water partition coefficient (Wildman–Crippen LogP) is 2.30. The quantitative estimate of drug-likeness (QED) is 0.808. The Morgan fingerprint density at radius 3 is 2.81 bits per heavy atom. The zero-order chi connectivity index (χ0) is 14.7. The minimum absolute atomic E-state index is 0.107. The summed E-state index contributed by atoms with van der Waals surface area (Å²) < 4.78 is 13.0. The lowest BCUT2D eigenvalue weighted by Crippen LogP contribution is -2.37. The molecule has 1 fully saturated rings. The molecule has 1 aromatic heterocycles. The van der Waals surface area contributed by atoms with Gasteiger partial charge in [0, 0.05) is 30.5 Å². The number of hydrogen-bond acceptors (Lipinski definition) is 2. The van der Waals surface area contributed by atoms with E-state index in [0.717, 1.165) is 30.5 Å². The van der Waals surface area contributed by atoms with Crippen LogP contribution in [-0.2, 0) is 0 Å². The van der Waals surface area contributed by atoms with Gasteiger partial charge in [0.25, 0.3) is 5.91 Å². The highest BCUT2D eigenvalue weighted by molar-refractivity contribution is 6.00. The summed E-state index contributed by atoms with van der Waals surface area (Å²) in [6, 6.07) is 6.50. The van der Waals surface area contributed by atoms with Gasteiger partial charge in [-0.3, -0.25) is 4.79 Å². The van der Waals surface area contributed by atoms with Crippen LogP contribution in [0.15, 0.2) is 36.7 Å². The molecule has 3 N–H and O–H groups in total. The highest BCUT2D eigenvalue weighted by atomic mass is 19.1. The standard InChI is InChI=1S/C16H18FN3O/c17-12-5-3-11(4-6-12)14-9-18-10-15(14)16(21)20-8-13-2-1-7-19-13/h3-6,9-10,13,18-19H,1-2,7-8H2,(H,20,21). The van der Waals surface area contributed by atoms with Gasteiger partial charge in [0.15, 0.2) is 0 Å². The van der Waals surface area contributed by atoms with Crippen molar-refractivity contribution < 1.29 is 9.18 Å². The van der Waals surface area contributed by atoms with E-state index in [1.54, 1.807) is 24.5 Å². The van der Waals surface area contributed by atoms with Gasteiger partial charge in [-0.05, 0) is 37.1 Å². The number of aromatic amines is 1. The zero-order valence-electron chi connectivity index (χ0n) is 11.7. The van der Waals surface area contributed by atoms with Crippen molar-refractivity contribution in [3.63, 3.8) is 0 Å². The number of amides is 1. The fourth-order valence-corrected chi connectivity index (χ4v) is 2.66. The van der Waals surface area contributed by atoms with Gasteiger partial charge in [-0.15, -0.1) is 0 Å². The van der Waals surface area contributed by atoms with Crippen molar-refractivity contribution in [2.45, 2.75) is 18.9 Å². The molecule has 2 heterocycles. The maximum atomic E-state index is 13.0. The Morgan fingerprint density at radius 2 is 2.10 bits per heavy atom. The predicted molar refractivity (Wildman–Crippen MR) is 79.5 cm³/mol. The molecular formula is C16H18FN3O. The van der Waals surface area contributed by atoms with Crippen LogP contribution in [-0.4, -0.2) is 30.0 Å². The van der Waals surface area contributed by atoms with Gasteiger partial charge in [-0.25, -0.2) is 4.39 Å². The maximum Gasteiger partial charge on any atom is 0.253 e. The first-order valence-electron chi connectivity index (χ1n) is 7.18. The van der Waals surface area contributed by atoms with E-state index in [9.17, 15) is 9.18 Å². The first-order valence-corrected chi connectivity index (χ1v) is 7.18. The smallest absolute Gasteiger partial charge is 0.253 e. The number of rotatable bonds is 4. The summed E-state index contributed by atoms with van der Waals surface area (Å²) in [6.45, 7) is 1.65. The van der Waals surface area contributed by atoms with E-state index in [4.69, 9.17) is 0 Å². The third kappa shape index (κ3) is 3.13. The molecular weight excluding hydrogens is 269 g/mol. The summed E-state index contributed by atoms with van der Waals surface area (Å²) in [5.74, 6) is -0.392. The van der Waals surface area contributed by atoms with Crippen LogP contribution >= 0.6 is 0 Å². The molecule has 110 valence electrons. The molecule has 1 saturated heterocycles. The Bertz CT molecular complexity index is 615. The third-order valence-electron chi connectivity index (χ3n) is 3.82. The van der Waals surface area contributed by atoms with Crippen molar-refractivity contribution in [2.24, 2.45) is 0 Å². The Labute approximate surface area is 122 Å². The molecule has 1 unspecified atom stereocenters. The number of halogens is 1. The Morgan fingerprint density at radius 1 is 1.29 bits per heavy atom. The van der Waals surface area contributed by atoms with Gasteiger partial charge >= 0.3 is 0 Å². The number of carbonyl (C=O) groups is 1. The molecule has 2 aromatic rings. The molecule has 21 heavy (non-hydrogen) atoms. The summed E-state index contributed by atoms with van der Waals surface area (Å²) >= 11 is 0. The van der Waals surface area contributed by atoms with Crippen LogP contribution in [0.1, 0.15) is 23.2 Å². The minimum Gasteiger partial charge on any atom is -0.366 e. The highest BCUT2D eigenvalue weighted by Crippen LogP contribution is 2.23. The largest absolute Gasteiger partial charge is 0.366 e. The third-order valence-corrected chi connectivity index (χ3v) is 3.82. The van der Waals surface area contributed by atoms with Crippen molar-refractivity contribution in [1.82, 2.24) is 15.6 Å². The lowest BCUT2D eigenvalue weighted by Gasteiger charge is -2.11. The Kier molecular flexibility index (Phi) is 4.01. The van der Waals surface area contributed by atoms with Gasteiger partial charge in [-0.2, -0.15) is 0 Å². The molecule has 1 aliphatic heterocycles. The van der Waals surface area contributed by atoms with Gasteiger partial charge in [-0.1, -0.05) is 12.1 Å². The molecule has 5 heteroatoms. The number of nitrogens with one attached hydrogen (secondary N) is 3. The number of H-pyrrole nitrogens is 1. The molecule has 0 bridgehead atoms. The summed E-state index contributed by atoms with van der Waals surface area (Å²) in [4.78, 5) is 15.2. The Balaban J connectivity index is 1.72. The van der Waals surface area contributed by atoms with Crippen LogP contribution in [0.2, 0.25) is 0 Å². The molecule has 0 radical (unpaired) electrons. The average Bonchev–Trinajstić information content (AvgIpc) is 3.17. The average molecular weight is 287 g/mol. The lowest BCUT2D eigenvalue weighted by atomic mass is 10.0. The first-order chi connectivity index (χ1) is 10.2. The van der Waals surface area contributed by atoms with Crippen molar-refractivity contribution in [2.75, 3.05) is 13.1 Å². The molecule has 1 atom stereocenters. The SMILES string of the molecule is O=C(NCC1CCCN1)c1c[nH]cc1-c1ccc(F)cc1. The molecule has 0 saturated carbocycles. The van der Waals surface area contributed by atoms with Crippen molar-refractivity contribution in [3.05, 3.63) is 48.0 Å². The van der Waals surface area contributed by atoms with Gasteiger partial charge in [0.05, 0.1) is 5.56 Å². The summed E-state index contributed by atoms with van der Waals surface area (Å²) in [5, 5.41) is 6.30. The maximum absolute atomic E-state index is 13.0. The zero-order valence-corrected chi connectivity index (χ0v) is 11.7. The molecule has 3 rings (SSSR count). The lowest BCUT2D eigenvalue weighted by molar-refractivity contribution is 0.0951. The van der Waals surface area contributed by atoms with Crippen LogP contribution in [0.4, 0.5) is 4.39 Å². The molecule has 1 aromatic carbocycles. The van der Waals surface area contributed by atoms with Crippen molar-refractivity contribution in [1.29, 1.82) is 0 Å². The Hall–Kier alpha value is -2.14. The van der Waals surface area contributed by atoms with E-state index in [0.29, 0.717) is 18.2 Å². The van der Waals surface area contributed by atoms with Gasteiger partial charge in [0.1, 0.15) is 5.82 Å². The fraction of sp³-hybridized carbons (Fsp3) is 0.312.